The minimum atomic E-state index is -0.619. The standard InChI is InChI=1S/C56H56Cl4N6O6S/c1-55(2,3)71-53(69)65-29-35-23-37(65)27-63(35)47(67)15-11-39-41(31-9-13-43-33(21-31)17-19-61(43)7)25-45(51(59)49(39)57)73-46-26-42(32-10-14-44-34(22-32)18-20-62(44)8)40(50(58)52(46)60)12-16-48(68)64-28-38-24-36(64)30-66(38)54(70)72-56(4,5)6/h9-22,25-26,35-38H,23-24,27-30H2,1-8H3/t35-,36-,37-,38-/m0/s1. The second-order valence-electron chi connectivity index (χ2n) is 21.4. The zero-order chi connectivity index (χ0) is 52.0. The van der Waals surface area contributed by atoms with Gasteiger partial charge in [-0.1, -0.05) is 70.3 Å². The molecule has 0 radical (unpaired) electrons. The molecule has 380 valence electrons. The van der Waals surface area contributed by atoms with E-state index in [1.807, 2.05) is 135 Å². The molecule has 6 heterocycles. The number of benzene rings is 4. The van der Waals surface area contributed by atoms with Crippen molar-refractivity contribution < 1.29 is 28.7 Å². The summed E-state index contributed by atoms with van der Waals surface area (Å²) < 4.78 is 15.4. The third-order valence-corrected chi connectivity index (χ3v) is 17.2. The van der Waals surface area contributed by atoms with Gasteiger partial charge in [0.25, 0.3) is 0 Å². The molecular weight excluding hydrogens is 1030 g/mol. The van der Waals surface area contributed by atoms with E-state index >= 15 is 0 Å². The lowest BCUT2D eigenvalue weighted by molar-refractivity contribution is -0.128. The second kappa shape index (κ2) is 19.3. The van der Waals surface area contributed by atoms with E-state index < -0.39 is 11.2 Å². The third kappa shape index (κ3) is 9.96. The number of likely N-dealkylation sites (tertiary alicyclic amines) is 4. The first-order valence-electron chi connectivity index (χ1n) is 24.3. The molecule has 0 saturated carbocycles. The molecule has 4 atom stereocenters. The minimum absolute atomic E-state index is 0.125. The molecule has 4 saturated heterocycles. The summed E-state index contributed by atoms with van der Waals surface area (Å²) in [6.45, 7) is 12.7. The van der Waals surface area contributed by atoms with Crippen molar-refractivity contribution in [2.24, 2.45) is 14.1 Å². The molecule has 2 aromatic heterocycles. The van der Waals surface area contributed by atoms with Crippen LogP contribution < -0.4 is 0 Å². The Morgan fingerprint density at radius 2 is 0.904 bits per heavy atom. The van der Waals surface area contributed by atoms with Crippen molar-refractivity contribution in [1.29, 1.82) is 0 Å². The number of rotatable bonds is 8. The molecule has 4 aromatic carbocycles. The number of carbonyl (C=O) groups excluding carboxylic acids is 4. The molecule has 4 aliphatic rings. The van der Waals surface area contributed by atoms with Gasteiger partial charge in [-0.15, -0.1) is 0 Å². The minimum Gasteiger partial charge on any atom is -0.444 e. The Morgan fingerprint density at radius 3 is 1.26 bits per heavy atom. The number of carbonyl (C=O) groups is 4. The highest BCUT2D eigenvalue weighted by atomic mass is 35.5. The van der Waals surface area contributed by atoms with E-state index in [0.29, 0.717) is 59.9 Å². The van der Waals surface area contributed by atoms with Gasteiger partial charge in [-0.25, -0.2) is 9.59 Å². The van der Waals surface area contributed by atoms with Gasteiger partial charge < -0.3 is 38.2 Å². The van der Waals surface area contributed by atoms with Crippen molar-refractivity contribution in [2.45, 2.75) is 99.5 Å². The van der Waals surface area contributed by atoms with Gasteiger partial charge in [0.2, 0.25) is 11.8 Å². The Labute approximate surface area is 449 Å². The van der Waals surface area contributed by atoms with Crippen molar-refractivity contribution in [3.8, 4) is 22.3 Å². The van der Waals surface area contributed by atoms with E-state index in [1.54, 1.807) is 22.0 Å². The van der Waals surface area contributed by atoms with Crippen molar-refractivity contribution >= 4 is 116 Å². The Morgan fingerprint density at radius 1 is 0.534 bits per heavy atom. The quantitative estimate of drug-likeness (QED) is 0.140. The van der Waals surface area contributed by atoms with Gasteiger partial charge in [0.15, 0.2) is 0 Å². The molecule has 73 heavy (non-hydrogen) atoms. The van der Waals surface area contributed by atoms with Crippen LogP contribution in [0.3, 0.4) is 0 Å². The van der Waals surface area contributed by atoms with Crippen molar-refractivity contribution in [1.82, 2.24) is 28.7 Å². The average Bonchev–Trinajstić information content (AvgIpc) is 4.22. The molecule has 0 aliphatic carbocycles. The van der Waals surface area contributed by atoms with Crippen molar-refractivity contribution in [3.05, 3.63) is 116 Å². The monoisotopic (exact) mass is 1080 g/mol. The zero-order valence-corrected chi connectivity index (χ0v) is 45.7. The van der Waals surface area contributed by atoms with Crippen LogP contribution in [0.15, 0.2) is 95.0 Å². The Bertz CT molecular complexity index is 3120. The highest BCUT2D eigenvalue weighted by molar-refractivity contribution is 7.99. The Balaban J connectivity index is 0.979. The van der Waals surface area contributed by atoms with Crippen LogP contribution in [-0.2, 0) is 33.2 Å². The predicted molar refractivity (Wildman–Crippen MR) is 293 cm³/mol. The van der Waals surface area contributed by atoms with E-state index in [4.69, 9.17) is 55.9 Å². The molecule has 12 nitrogen and oxygen atoms in total. The molecular formula is C56H56Cl4N6O6S. The number of hydrogen-bond acceptors (Lipinski definition) is 7. The zero-order valence-electron chi connectivity index (χ0n) is 41.8. The molecule has 4 fully saturated rings. The van der Waals surface area contributed by atoms with Gasteiger partial charge in [-0.05, 0) is 137 Å². The maximum absolute atomic E-state index is 14.0. The molecule has 0 unspecified atom stereocenters. The largest absolute Gasteiger partial charge is 0.444 e. The van der Waals surface area contributed by atoms with Gasteiger partial charge in [-0.2, -0.15) is 0 Å². The summed E-state index contributed by atoms with van der Waals surface area (Å²) in [5.74, 6) is -0.384. The average molecular weight is 1080 g/mol. The lowest BCUT2D eigenvalue weighted by atomic mass is 9.97. The van der Waals surface area contributed by atoms with E-state index in [9.17, 15) is 19.2 Å². The van der Waals surface area contributed by atoms with E-state index in [1.165, 1.54) is 23.9 Å². The van der Waals surface area contributed by atoms with Crippen LogP contribution in [0.5, 0.6) is 0 Å². The van der Waals surface area contributed by atoms with Crippen LogP contribution in [-0.4, -0.2) is 114 Å². The molecule has 4 bridgehead atoms. The second-order valence-corrected chi connectivity index (χ2v) is 24.0. The number of ether oxygens (including phenoxy) is 2. The first-order chi connectivity index (χ1) is 34.5. The normalized spacial score (nSPS) is 19.8. The molecule has 4 amide bonds. The third-order valence-electron chi connectivity index (χ3n) is 14.1. The first-order valence-corrected chi connectivity index (χ1v) is 26.6. The van der Waals surface area contributed by atoms with E-state index in [-0.39, 0.29) is 68.3 Å². The fraction of sp³-hybridized carbons (Fsp3) is 0.357. The van der Waals surface area contributed by atoms with Gasteiger partial charge in [0.05, 0.1) is 44.3 Å². The van der Waals surface area contributed by atoms with Gasteiger partial charge in [0.1, 0.15) is 11.2 Å². The number of nitrogens with zero attached hydrogens (tertiary/aromatic N) is 6. The Hall–Kier alpha value is -5.57. The molecule has 6 aromatic rings. The molecule has 4 aliphatic heterocycles. The van der Waals surface area contributed by atoms with Crippen molar-refractivity contribution in [2.75, 3.05) is 26.2 Å². The highest BCUT2D eigenvalue weighted by Crippen LogP contribution is 2.49. The molecule has 17 heteroatoms. The summed E-state index contributed by atoms with van der Waals surface area (Å²) in [6, 6.07) is 19.8. The first kappa shape index (κ1) is 50.9. The number of halogens is 4. The maximum Gasteiger partial charge on any atom is 0.410 e. The topological polar surface area (TPSA) is 110 Å². The van der Waals surface area contributed by atoms with Crippen LogP contribution in [0.1, 0.15) is 65.5 Å². The maximum atomic E-state index is 14.0. The fourth-order valence-electron chi connectivity index (χ4n) is 10.7. The summed E-state index contributed by atoms with van der Waals surface area (Å²) in [6.07, 6.45) is 11.2. The lowest BCUT2D eigenvalue weighted by Gasteiger charge is -2.34. The summed E-state index contributed by atoms with van der Waals surface area (Å²) in [7, 11) is 3.99. The predicted octanol–water partition coefficient (Wildman–Crippen LogP) is 13.2. The highest BCUT2D eigenvalue weighted by Gasteiger charge is 2.49. The number of hydrogen-bond donors (Lipinski definition) is 0. The fourth-order valence-corrected chi connectivity index (χ4v) is 12.8. The van der Waals surface area contributed by atoms with Crippen LogP contribution >= 0.6 is 58.2 Å². The Kier molecular flexibility index (Phi) is 13.5. The van der Waals surface area contributed by atoms with Crippen LogP contribution in [0.25, 0.3) is 56.2 Å². The van der Waals surface area contributed by atoms with E-state index in [0.717, 1.165) is 44.1 Å². The SMILES string of the molecule is Cn1ccc2cc(-c3cc(Sc4cc(-c5ccc6c(ccn6C)c5)c(C=CC(=O)N5C[C@@H]6C[C@H]5CN6C(=O)OC(C)(C)C)c(Cl)c4Cl)c(Cl)c(Cl)c3C=CC(=O)N3C[C@@H]4C[C@H]3CN4C(=O)OC(C)(C)C)ccc21. The van der Waals surface area contributed by atoms with Crippen molar-refractivity contribution in [3.63, 3.8) is 0 Å². The molecule has 0 spiro atoms. The number of amides is 4. The summed E-state index contributed by atoms with van der Waals surface area (Å²) in [5, 5.41) is 3.05. The number of piperazine rings is 2. The lowest BCUT2D eigenvalue weighted by Crippen LogP contribution is -2.51. The van der Waals surface area contributed by atoms with Crippen LogP contribution in [0.2, 0.25) is 20.1 Å². The van der Waals surface area contributed by atoms with Gasteiger partial charge in [-0.3, -0.25) is 9.59 Å². The molecule has 0 N–H and O–H groups in total. The van der Waals surface area contributed by atoms with Gasteiger partial charge >= 0.3 is 12.2 Å². The summed E-state index contributed by atoms with van der Waals surface area (Å²) in [4.78, 5) is 62.1. The van der Waals surface area contributed by atoms with Gasteiger partial charge in [0, 0.05) is 108 Å². The number of aromatic nitrogens is 2. The smallest absolute Gasteiger partial charge is 0.410 e. The number of fused-ring (bicyclic) bond motifs is 6. The summed E-state index contributed by atoms with van der Waals surface area (Å²) >= 11 is 30.5. The van der Waals surface area contributed by atoms with Crippen LogP contribution in [0.4, 0.5) is 9.59 Å². The summed E-state index contributed by atoms with van der Waals surface area (Å²) in [5.41, 5.74) is 5.18. The van der Waals surface area contributed by atoms with E-state index in [2.05, 4.69) is 12.1 Å². The number of aryl methyl sites for hydroxylation is 2. The van der Waals surface area contributed by atoms with Crippen LogP contribution in [0, 0.1) is 0 Å². The molecule has 10 rings (SSSR count).